The molecule has 0 spiro atoms. The number of carbonyl (C=O) groups excluding carboxylic acids is 3. The summed E-state index contributed by atoms with van der Waals surface area (Å²) in [5.74, 6) is -0.113. The molecular weight excluding hydrogens is 470 g/mol. The number of nitrogens with one attached hydrogen (secondary N) is 2. The Kier molecular flexibility index (Phi) is 9.36. The molecular formula is C29H41N3O5. The van der Waals surface area contributed by atoms with Crippen molar-refractivity contribution in [2.45, 2.75) is 85.5 Å². The summed E-state index contributed by atoms with van der Waals surface area (Å²) < 4.78 is 10.6. The third-order valence-corrected chi connectivity index (χ3v) is 5.87. The van der Waals surface area contributed by atoms with Crippen LogP contribution in [0.15, 0.2) is 42.5 Å². The van der Waals surface area contributed by atoms with Crippen LogP contribution < -0.4 is 15.4 Å². The van der Waals surface area contributed by atoms with E-state index in [2.05, 4.69) is 10.6 Å². The van der Waals surface area contributed by atoms with E-state index in [0.29, 0.717) is 17.0 Å². The zero-order chi connectivity index (χ0) is 28.1. The average molecular weight is 512 g/mol. The third-order valence-electron chi connectivity index (χ3n) is 5.87. The van der Waals surface area contributed by atoms with E-state index in [1.54, 1.807) is 59.1 Å². The van der Waals surface area contributed by atoms with Crippen LogP contribution in [-0.4, -0.2) is 47.1 Å². The fourth-order valence-electron chi connectivity index (χ4n) is 3.95. The van der Waals surface area contributed by atoms with Crippen molar-refractivity contribution in [1.29, 1.82) is 0 Å². The molecule has 3 amide bonds. The van der Waals surface area contributed by atoms with Gasteiger partial charge in [0, 0.05) is 11.2 Å². The lowest BCUT2D eigenvalue weighted by Gasteiger charge is -2.43. The van der Waals surface area contributed by atoms with Gasteiger partial charge in [0.1, 0.15) is 23.4 Å². The molecule has 0 fully saturated rings. The van der Waals surface area contributed by atoms with Gasteiger partial charge in [-0.25, -0.2) is 4.79 Å². The van der Waals surface area contributed by atoms with Crippen molar-refractivity contribution < 1.29 is 23.9 Å². The summed E-state index contributed by atoms with van der Waals surface area (Å²) in [6.07, 6.45) is -0.701. The zero-order valence-electron chi connectivity index (χ0n) is 23.7. The molecule has 8 heteroatoms. The molecule has 2 unspecified atom stereocenters. The first-order valence-corrected chi connectivity index (χ1v) is 12.4. The molecule has 0 aliphatic carbocycles. The summed E-state index contributed by atoms with van der Waals surface area (Å²) >= 11 is 0. The van der Waals surface area contributed by atoms with Crippen LogP contribution in [0, 0.1) is 13.8 Å². The smallest absolute Gasteiger partial charge is 0.408 e. The van der Waals surface area contributed by atoms with Gasteiger partial charge in [-0.2, -0.15) is 0 Å². The van der Waals surface area contributed by atoms with Gasteiger partial charge in [0.2, 0.25) is 5.91 Å². The monoisotopic (exact) mass is 511 g/mol. The van der Waals surface area contributed by atoms with E-state index in [-0.39, 0.29) is 5.91 Å². The summed E-state index contributed by atoms with van der Waals surface area (Å²) in [4.78, 5) is 41.8. The fourth-order valence-corrected chi connectivity index (χ4v) is 3.95. The second kappa shape index (κ2) is 11.7. The maximum absolute atomic E-state index is 13.9. The van der Waals surface area contributed by atoms with Crippen LogP contribution in [0.3, 0.4) is 0 Å². The number of carbonyl (C=O) groups is 3. The third kappa shape index (κ3) is 7.97. The largest absolute Gasteiger partial charge is 0.497 e. The second-order valence-electron chi connectivity index (χ2n) is 11.2. The molecule has 2 atom stereocenters. The second-order valence-corrected chi connectivity index (χ2v) is 11.2. The molecule has 37 heavy (non-hydrogen) atoms. The molecule has 0 radical (unpaired) electrons. The van der Waals surface area contributed by atoms with Crippen molar-refractivity contribution in [3.05, 3.63) is 59.2 Å². The summed E-state index contributed by atoms with van der Waals surface area (Å²) in [5.41, 5.74) is 1.71. The lowest BCUT2D eigenvalue weighted by molar-refractivity contribution is -0.146. The van der Waals surface area contributed by atoms with Crippen molar-refractivity contribution in [2.24, 2.45) is 0 Å². The molecule has 0 aliphatic heterocycles. The van der Waals surface area contributed by atoms with E-state index in [1.165, 1.54) is 4.90 Å². The summed E-state index contributed by atoms with van der Waals surface area (Å²) in [7, 11) is 1.57. The number of methoxy groups -OCH3 is 1. The van der Waals surface area contributed by atoms with E-state index in [9.17, 15) is 14.4 Å². The summed E-state index contributed by atoms with van der Waals surface area (Å²) in [6.45, 7) is 16.3. The highest BCUT2D eigenvalue weighted by Gasteiger charge is 2.41. The highest BCUT2D eigenvalue weighted by Crippen LogP contribution is 2.33. The van der Waals surface area contributed by atoms with Gasteiger partial charge >= 0.3 is 6.09 Å². The van der Waals surface area contributed by atoms with Crippen molar-refractivity contribution in [3.8, 4) is 5.75 Å². The standard InChI is InChI=1S/C29H41N3O5/c1-18-12-11-13-23(19(18)2)24(25(33)31-21-14-16-22(36-10)17-15-21)32(28(4,5)6)26(34)20(3)30-27(35)37-29(7,8)9/h11-17,20,24H,1-10H3,(H,30,35)(H,31,33). The topological polar surface area (TPSA) is 97.0 Å². The van der Waals surface area contributed by atoms with Crippen LogP contribution in [0.4, 0.5) is 10.5 Å². The van der Waals surface area contributed by atoms with Crippen LogP contribution in [0.2, 0.25) is 0 Å². The van der Waals surface area contributed by atoms with E-state index >= 15 is 0 Å². The number of anilines is 1. The highest BCUT2D eigenvalue weighted by atomic mass is 16.6. The molecule has 0 saturated carbocycles. The van der Waals surface area contributed by atoms with Gasteiger partial charge in [0.15, 0.2) is 0 Å². The van der Waals surface area contributed by atoms with Crippen molar-refractivity contribution in [1.82, 2.24) is 10.2 Å². The van der Waals surface area contributed by atoms with Gasteiger partial charge in [-0.05, 0) is 103 Å². The summed E-state index contributed by atoms with van der Waals surface area (Å²) in [6, 6.07) is 10.8. The molecule has 2 aromatic carbocycles. The van der Waals surface area contributed by atoms with E-state index in [4.69, 9.17) is 9.47 Å². The van der Waals surface area contributed by atoms with Gasteiger partial charge in [0.25, 0.3) is 5.91 Å². The molecule has 2 aromatic rings. The first-order chi connectivity index (χ1) is 17.0. The Balaban J connectivity index is 2.53. The Morgan fingerprint density at radius 3 is 2.03 bits per heavy atom. The molecule has 202 valence electrons. The van der Waals surface area contributed by atoms with Gasteiger partial charge < -0.3 is 25.0 Å². The normalized spacial score (nSPS) is 13.2. The van der Waals surface area contributed by atoms with Crippen molar-refractivity contribution in [3.63, 3.8) is 0 Å². The van der Waals surface area contributed by atoms with Crippen molar-refractivity contribution >= 4 is 23.6 Å². The predicted octanol–water partition coefficient (Wildman–Crippen LogP) is 5.53. The minimum Gasteiger partial charge on any atom is -0.497 e. The van der Waals surface area contributed by atoms with Crippen LogP contribution >= 0.6 is 0 Å². The Hall–Kier alpha value is -3.55. The van der Waals surface area contributed by atoms with Crippen LogP contribution in [0.25, 0.3) is 0 Å². The number of aryl methyl sites for hydroxylation is 1. The molecule has 0 saturated heterocycles. The molecule has 0 aliphatic rings. The number of rotatable bonds is 7. The molecule has 8 nitrogen and oxygen atoms in total. The first kappa shape index (κ1) is 29.7. The number of benzene rings is 2. The zero-order valence-corrected chi connectivity index (χ0v) is 23.7. The molecule has 2 rings (SSSR count). The number of alkyl carbamates (subject to hydrolysis) is 1. The van der Waals surface area contributed by atoms with Gasteiger partial charge in [0.05, 0.1) is 7.11 Å². The van der Waals surface area contributed by atoms with Crippen LogP contribution in [-0.2, 0) is 14.3 Å². The number of ether oxygens (including phenoxy) is 2. The van der Waals surface area contributed by atoms with Crippen molar-refractivity contribution in [2.75, 3.05) is 12.4 Å². The Morgan fingerprint density at radius 2 is 1.51 bits per heavy atom. The first-order valence-electron chi connectivity index (χ1n) is 12.4. The SMILES string of the molecule is COc1ccc(NC(=O)C(c2cccc(C)c2C)N(C(=O)C(C)NC(=O)OC(C)(C)C)C(C)(C)C)cc1. The average Bonchev–Trinajstić information content (AvgIpc) is 2.77. The molecule has 0 aromatic heterocycles. The van der Waals surface area contributed by atoms with Crippen LogP contribution in [0.5, 0.6) is 5.75 Å². The number of amides is 3. The lowest BCUT2D eigenvalue weighted by atomic mass is 9.91. The van der Waals surface area contributed by atoms with Gasteiger partial charge in [-0.3, -0.25) is 9.59 Å². The lowest BCUT2D eigenvalue weighted by Crippen LogP contribution is -2.57. The quantitative estimate of drug-likeness (QED) is 0.509. The van der Waals surface area contributed by atoms with E-state index in [0.717, 1.165) is 11.1 Å². The Morgan fingerprint density at radius 1 is 0.919 bits per heavy atom. The van der Waals surface area contributed by atoms with Gasteiger partial charge in [-0.1, -0.05) is 18.2 Å². The minimum atomic E-state index is -0.961. The number of hydrogen-bond acceptors (Lipinski definition) is 5. The van der Waals surface area contributed by atoms with Gasteiger partial charge in [-0.15, -0.1) is 0 Å². The molecule has 2 N–H and O–H groups in total. The maximum Gasteiger partial charge on any atom is 0.408 e. The molecule has 0 bridgehead atoms. The number of nitrogens with zero attached hydrogens (tertiary/aromatic N) is 1. The molecule has 0 heterocycles. The van der Waals surface area contributed by atoms with E-state index < -0.39 is 35.2 Å². The van der Waals surface area contributed by atoms with E-state index in [1.807, 2.05) is 52.8 Å². The minimum absolute atomic E-state index is 0.369. The highest BCUT2D eigenvalue weighted by molar-refractivity contribution is 5.99. The maximum atomic E-state index is 13.9. The predicted molar refractivity (Wildman–Crippen MR) is 146 cm³/mol. The Bertz CT molecular complexity index is 1110. The summed E-state index contributed by atoms with van der Waals surface area (Å²) in [5, 5.41) is 5.58. The number of hydrogen-bond donors (Lipinski definition) is 2. The van der Waals surface area contributed by atoms with Crippen LogP contribution in [0.1, 0.15) is 71.2 Å². The fraction of sp³-hybridized carbons (Fsp3) is 0.483. The Labute approximate surface area is 220 Å².